The van der Waals surface area contributed by atoms with Gasteiger partial charge in [-0.2, -0.15) is 0 Å². The van der Waals surface area contributed by atoms with Crippen LogP contribution in [0.2, 0.25) is 0 Å². The summed E-state index contributed by atoms with van der Waals surface area (Å²) in [5.41, 5.74) is 4.82. The van der Waals surface area contributed by atoms with Crippen LogP contribution in [0, 0.1) is 17.7 Å². The highest BCUT2D eigenvalue weighted by atomic mass is 19.1. The third kappa shape index (κ3) is 4.33. The SMILES string of the molecule is COC(=O)c1ccc(C#CCNC(=O)OCC2c3ccccc3-c3ccccc32)cc1F. The standard InChI is InChI=1S/C26H20FNO4/c1-31-25(29)22-13-12-17(15-24(22)27)7-6-14-28-26(30)32-16-23-20-10-4-2-8-18(20)19-9-3-5-11-21(19)23/h2-5,8-13,15,23H,14,16H2,1H3,(H,28,30). The first-order chi connectivity index (χ1) is 15.6. The molecule has 0 unspecified atom stereocenters. The zero-order chi connectivity index (χ0) is 22.5. The lowest BCUT2D eigenvalue weighted by molar-refractivity contribution is 0.0595. The van der Waals surface area contributed by atoms with Crippen LogP contribution in [0.25, 0.3) is 11.1 Å². The van der Waals surface area contributed by atoms with Crippen molar-refractivity contribution in [3.8, 4) is 23.0 Å². The van der Waals surface area contributed by atoms with Gasteiger partial charge in [0.2, 0.25) is 0 Å². The van der Waals surface area contributed by atoms with Crippen LogP contribution in [0.15, 0.2) is 66.7 Å². The number of nitrogens with one attached hydrogen (secondary N) is 1. The van der Waals surface area contributed by atoms with Crippen molar-refractivity contribution in [2.45, 2.75) is 5.92 Å². The lowest BCUT2D eigenvalue weighted by atomic mass is 9.98. The van der Waals surface area contributed by atoms with E-state index in [9.17, 15) is 14.0 Å². The van der Waals surface area contributed by atoms with E-state index in [0.29, 0.717) is 5.56 Å². The topological polar surface area (TPSA) is 64.6 Å². The van der Waals surface area contributed by atoms with Crippen LogP contribution in [0.1, 0.15) is 33.0 Å². The van der Waals surface area contributed by atoms with E-state index in [0.717, 1.165) is 28.3 Å². The van der Waals surface area contributed by atoms with Crippen molar-refractivity contribution in [1.29, 1.82) is 0 Å². The number of carbonyl (C=O) groups is 2. The molecular formula is C26H20FNO4. The molecule has 3 aromatic rings. The maximum Gasteiger partial charge on any atom is 0.407 e. The van der Waals surface area contributed by atoms with Crippen LogP contribution in [0.4, 0.5) is 9.18 Å². The molecule has 1 aliphatic rings. The van der Waals surface area contributed by atoms with E-state index in [1.807, 2.05) is 24.3 Å². The molecule has 0 atom stereocenters. The Morgan fingerprint density at radius 3 is 2.28 bits per heavy atom. The highest BCUT2D eigenvalue weighted by Crippen LogP contribution is 2.44. The molecule has 3 aromatic carbocycles. The molecule has 6 heteroatoms. The molecule has 0 saturated carbocycles. The Morgan fingerprint density at radius 2 is 1.66 bits per heavy atom. The number of fused-ring (bicyclic) bond motifs is 3. The summed E-state index contributed by atoms with van der Waals surface area (Å²) in [6.07, 6.45) is -0.576. The molecule has 0 fully saturated rings. The average Bonchev–Trinajstić information content (AvgIpc) is 3.14. The number of alkyl carbamates (subject to hydrolysis) is 1. The predicted molar refractivity (Wildman–Crippen MR) is 118 cm³/mol. The van der Waals surface area contributed by atoms with Crippen LogP contribution in [-0.2, 0) is 9.47 Å². The van der Waals surface area contributed by atoms with Crippen LogP contribution < -0.4 is 5.32 Å². The molecule has 0 radical (unpaired) electrons. The van der Waals surface area contributed by atoms with Gasteiger partial charge in [0, 0.05) is 11.5 Å². The van der Waals surface area contributed by atoms with Gasteiger partial charge in [-0.1, -0.05) is 60.4 Å². The van der Waals surface area contributed by atoms with E-state index in [1.165, 1.54) is 19.2 Å². The molecule has 4 rings (SSSR count). The maximum absolute atomic E-state index is 13.9. The molecule has 1 aliphatic carbocycles. The fourth-order valence-electron chi connectivity index (χ4n) is 3.78. The van der Waals surface area contributed by atoms with Crippen LogP contribution >= 0.6 is 0 Å². The van der Waals surface area contributed by atoms with Crippen LogP contribution in [-0.4, -0.2) is 32.3 Å². The van der Waals surface area contributed by atoms with Crippen molar-refractivity contribution in [2.75, 3.05) is 20.3 Å². The van der Waals surface area contributed by atoms with E-state index in [1.54, 1.807) is 0 Å². The van der Waals surface area contributed by atoms with E-state index < -0.39 is 17.9 Å². The Balaban J connectivity index is 1.33. The summed E-state index contributed by atoms with van der Waals surface area (Å²) in [7, 11) is 1.19. The molecule has 0 aromatic heterocycles. The van der Waals surface area contributed by atoms with Gasteiger partial charge in [0.25, 0.3) is 0 Å². The molecule has 1 amide bonds. The van der Waals surface area contributed by atoms with Gasteiger partial charge in [0.15, 0.2) is 0 Å². The van der Waals surface area contributed by atoms with Crippen molar-refractivity contribution in [3.63, 3.8) is 0 Å². The largest absolute Gasteiger partial charge is 0.465 e. The molecule has 0 spiro atoms. The maximum atomic E-state index is 13.9. The van der Waals surface area contributed by atoms with Crippen molar-refractivity contribution >= 4 is 12.1 Å². The number of methoxy groups -OCH3 is 1. The number of rotatable bonds is 4. The minimum absolute atomic E-state index is 0.0180. The number of halogens is 1. The molecular weight excluding hydrogens is 409 g/mol. The van der Waals surface area contributed by atoms with E-state index in [4.69, 9.17) is 4.74 Å². The molecule has 32 heavy (non-hydrogen) atoms. The van der Waals surface area contributed by atoms with Gasteiger partial charge in [0.05, 0.1) is 19.2 Å². The van der Waals surface area contributed by atoms with E-state index in [-0.39, 0.29) is 24.6 Å². The number of benzene rings is 3. The summed E-state index contributed by atoms with van der Waals surface area (Å²) < 4.78 is 23.9. The van der Waals surface area contributed by atoms with Crippen molar-refractivity contribution < 1.29 is 23.5 Å². The zero-order valence-corrected chi connectivity index (χ0v) is 17.4. The Hall–Kier alpha value is -4.11. The number of hydrogen-bond acceptors (Lipinski definition) is 4. The summed E-state index contributed by atoms with van der Waals surface area (Å²) in [6.45, 7) is 0.255. The molecule has 5 nitrogen and oxygen atoms in total. The fraction of sp³-hybridized carbons (Fsp3) is 0.154. The van der Waals surface area contributed by atoms with E-state index >= 15 is 0 Å². The summed E-state index contributed by atoms with van der Waals surface area (Å²) in [6, 6.07) is 20.2. The molecule has 0 bridgehead atoms. The van der Waals surface area contributed by atoms with Crippen LogP contribution in [0.3, 0.4) is 0 Å². The van der Waals surface area contributed by atoms with E-state index in [2.05, 4.69) is 46.2 Å². The molecule has 160 valence electrons. The quantitative estimate of drug-likeness (QED) is 0.490. The fourth-order valence-corrected chi connectivity index (χ4v) is 3.78. The second-order valence-corrected chi connectivity index (χ2v) is 7.17. The number of esters is 1. The number of carbonyl (C=O) groups excluding carboxylic acids is 2. The third-order valence-electron chi connectivity index (χ3n) is 5.27. The first-order valence-electron chi connectivity index (χ1n) is 10.0. The van der Waals surface area contributed by atoms with Gasteiger partial charge >= 0.3 is 12.1 Å². The normalized spacial score (nSPS) is 11.6. The monoisotopic (exact) mass is 429 g/mol. The predicted octanol–water partition coefficient (Wildman–Crippen LogP) is 4.50. The molecule has 0 saturated heterocycles. The van der Waals surface area contributed by atoms with Crippen molar-refractivity contribution in [3.05, 3.63) is 94.8 Å². The van der Waals surface area contributed by atoms with Gasteiger partial charge in [-0.3, -0.25) is 0 Å². The first-order valence-corrected chi connectivity index (χ1v) is 10.0. The van der Waals surface area contributed by atoms with Gasteiger partial charge in [-0.25, -0.2) is 14.0 Å². The summed E-state index contributed by atoms with van der Waals surface area (Å²) >= 11 is 0. The molecule has 0 aliphatic heterocycles. The first kappa shape index (κ1) is 21.1. The lowest BCUT2D eigenvalue weighted by Crippen LogP contribution is -2.26. The van der Waals surface area contributed by atoms with Crippen LogP contribution in [0.5, 0.6) is 0 Å². The summed E-state index contributed by atoms with van der Waals surface area (Å²) in [4.78, 5) is 23.5. The Labute approximate surface area is 185 Å². The zero-order valence-electron chi connectivity index (χ0n) is 17.4. The second kappa shape index (κ2) is 9.36. The molecule has 0 heterocycles. The minimum atomic E-state index is -0.751. The number of amides is 1. The highest BCUT2D eigenvalue weighted by Gasteiger charge is 2.28. The smallest absolute Gasteiger partial charge is 0.407 e. The Morgan fingerprint density at radius 1 is 1.00 bits per heavy atom. The van der Waals surface area contributed by atoms with Gasteiger partial charge < -0.3 is 14.8 Å². The third-order valence-corrected chi connectivity index (χ3v) is 5.27. The second-order valence-electron chi connectivity index (χ2n) is 7.17. The average molecular weight is 429 g/mol. The van der Waals surface area contributed by atoms with Crippen molar-refractivity contribution in [2.24, 2.45) is 0 Å². The Kier molecular flexibility index (Phi) is 6.18. The summed E-state index contributed by atoms with van der Waals surface area (Å²) in [5, 5.41) is 2.58. The van der Waals surface area contributed by atoms with Gasteiger partial charge in [-0.05, 0) is 40.5 Å². The lowest BCUT2D eigenvalue weighted by Gasteiger charge is -2.14. The minimum Gasteiger partial charge on any atom is -0.465 e. The van der Waals surface area contributed by atoms with Gasteiger partial charge in [-0.15, -0.1) is 0 Å². The van der Waals surface area contributed by atoms with Gasteiger partial charge in [0.1, 0.15) is 12.4 Å². The van der Waals surface area contributed by atoms with Crippen molar-refractivity contribution in [1.82, 2.24) is 5.32 Å². The number of ether oxygens (including phenoxy) is 2. The summed E-state index contributed by atoms with van der Waals surface area (Å²) in [5.74, 6) is 3.99. The molecule has 1 N–H and O–H groups in total. The Bertz CT molecular complexity index is 1200. The highest BCUT2D eigenvalue weighted by molar-refractivity contribution is 5.89. The number of hydrogen-bond donors (Lipinski definition) is 1.